The van der Waals surface area contributed by atoms with Crippen LogP contribution in [0.4, 0.5) is 28.6 Å². The fourth-order valence-corrected chi connectivity index (χ4v) is 6.21. The first kappa shape index (κ1) is 27.5. The summed E-state index contributed by atoms with van der Waals surface area (Å²) in [5, 5.41) is 8.65. The van der Waals surface area contributed by atoms with Crippen LogP contribution in [-0.2, 0) is 0 Å². The van der Waals surface area contributed by atoms with Crippen LogP contribution in [0.3, 0.4) is 0 Å². The molecule has 1 aromatic heterocycles. The van der Waals surface area contributed by atoms with E-state index in [-0.39, 0.29) is 6.04 Å². The Morgan fingerprint density at radius 1 is 0.818 bits per heavy atom. The Balaban J connectivity index is 1.44. The van der Waals surface area contributed by atoms with Crippen molar-refractivity contribution in [2.75, 3.05) is 35.3 Å². The number of aliphatic imine (C=N–C) groups is 2. The lowest BCUT2D eigenvalue weighted by Crippen LogP contribution is -2.46. The zero-order chi connectivity index (χ0) is 30.2. The van der Waals surface area contributed by atoms with Gasteiger partial charge in [0.25, 0.3) is 0 Å². The number of para-hydroxylation sites is 4. The van der Waals surface area contributed by atoms with Crippen LogP contribution in [-0.4, -0.2) is 41.7 Å². The molecule has 8 nitrogen and oxygen atoms in total. The number of hydrogen-bond donors (Lipinski definition) is 1. The molecular weight excluding hydrogens is 546 g/mol. The maximum atomic E-state index is 5.94. The van der Waals surface area contributed by atoms with Crippen LogP contribution in [0.1, 0.15) is 36.7 Å². The van der Waals surface area contributed by atoms with Crippen molar-refractivity contribution in [2.45, 2.75) is 26.8 Å². The number of aromatic nitrogens is 2. The summed E-state index contributed by atoms with van der Waals surface area (Å²) in [6, 6.07) is 34.8. The molecule has 0 saturated carbocycles. The first-order chi connectivity index (χ1) is 21.6. The van der Waals surface area contributed by atoms with Crippen LogP contribution in [0.2, 0.25) is 0 Å². The van der Waals surface area contributed by atoms with Gasteiger partial charge in [0.05, 0.1) is 35.9 Å². The van der Waals surface area contributed by atoms with E-state index in [2.05, 4.69) is 90.5 Å². The van der Waals surface area contributed by atoms with E-state index in [1.54, 1.807) is 7.11 Å². The molecule has 8 heteroatoms. The minimum Gasteiger partial charge on any atom is -0.496 e. The van der Waals surface area contributed by atoms with Gasteiger partial charge in [-0.15, -0.1) is 0 Å². The molecule has 0 bridgehead atoms. The fourth-order valence-electron chi connectivity index (χ4n) is 6.21. The third kappa shape index (κ3) is 4.59. The van der Waals surface area contributed by atoms with Gasteiger partial charge >= 0.3 is 0 Å². The van der Waals surface area contributed by atoms with E-state index >= 15 is 0 Å². The number of aryl methyl sites for hydroxylation is 1. The van der Waals surface area contributed by atoms with Gasteiger partial charge in [-0.2, -0.15) is 5.10 Å². The Kier molecular flexibility index (Phi) is 7.10. The number of rotatable bonds is 7. The molecule has 0 aliphatic carbocycles. The van der Waals surface area contributed by atoms with Gasteiger partial charge in [0, 0.05) is 35.6 Å². The van der Waals surface area contributed by atoms with E-state index in [9.17, 15) is 0 Å². The number of amidine groups is 2. The molecule has 7 rings (SSSR count). The highest BCUT2D eigenvalue weighted by atomic mass is 16.5. The second-order valence-electron chi connectivity index (χ2n) is 10.8. The molecule has 0 saturated heterocycles. The lowest BCUT2D eigenvalue weighted by atomic mass is 9.92. The maximum Gasteiger partial charge on any atom is 0.179 e. The Labute approximate surface area is 258 Å². The molecule has 1 unspecified atom stereocenters. The predicted octanol–water partition coefficient (Wildman–Crippen LogP) is 7.83. The van der Waals surface area contributed by atoms with Gasteiger partial charge in [-0.25, -0.2) is 14.7 Å². The van der Waals surface area contributed by atoms with Crippen LogP contribution in [0.25, 0.3) is 5.69 Å². The molecule has 4 aromatic carbocycles. The van der Waals surface area contributed by atoms with Crippen LogP contribution in [0.15, 0.2) is 113 Å². The number of anilines is 3. The summed E-state index contributed by atoms with van der Waals surface area (Å²) in [5.74, 6) is 2.97. The van der Waals surface area contributed by atoms with E-state index < -0.39 is 0 Å². The van der Waals surface area contributed by atoms with Gasteiger partial charge in [-0.3, -0.25) is 0 Å². The number of nitrogens with one attached hydrogen (secondary N) is 1. The number of ether oxygens (including phenoxy) is 1. The number of hydrogen-bond acceptors (Lipinski definition) is 7. The van der Waals surface area contributed by atoms with Crippen molar-refractivity contribution in [3.05, 3.63) is 120 Å². The van der Waals surface area contributed by atoms with E-state index in [4.69, 9.17) is 19.8 Å². The minimum absolute atomic E-state index is 0.260. The Morgan fingerprint density at radius 2 is 1.52 bits per heavy atom. The van der Waals surface area contributed by atoms with Crippen molar-refractivity contribution < 1.29 is 4.74 Å². The summed E-state index contributed by atoms with van der Waals surface area (Å²) in [7, 11) is 1.72. The highest BCUT2D eigenvalue weighted by Gasteiger charge is 2.42. The second-order valence-corrected chi connectivity index (χ2v) is 10.8. The average Bonchev–Trinajstić information content (AvgIpc) is 3.41. The van der Waals surface area contributed by atoms with Crippen molar-refractivity contribution in [1.29, 1.82) is 0 Å². The summed E-state index contributed by atoms with van der Waals surface area (Å²) >= 11 is 0. The van der Waals surface area contributed by atoms with Crippen LogP contribution < -0.4 is 19.9 Å². The van der Waals surface area contributed by atoms with Gasteiger partial charge in [-0.1, -0.05) is 48.5 Å². The molecule has 3 heterocycles. The van der Waals surface area contributed by atoms with Crippen molar-refractivity contribution in [3.8, 4) is 11.4 Å². The predicted molar refractivity (Wildman–Crippen MR) is 180 cm³/mol. The van der Waals surface area contributed by atoms with Gasteiger partial charge in [0.1, 0.15) is 5.75 Å². The summed E-state index contributed by atoms with van der Waals surface area (Å²) in [4.78, 5) is 15.1. The fraction of sp³-hybridized carbons (Fsp3) is 0.194. The molecule has 0 amide bonds. The number of benzene rings is 4. The number of fused-ring (bicyclic) bond motifs is 4. The van der Waals surface area contributed by atoms with E-state index in [1.165, 1.54) is 5.69 Å². The number of nitrogens with zero attached hydrogens (tertiary/aromatic N) is 6. The highest BCUT2D eigenvalue weighted by Crippen LogP contribution is 2.49. The molecule has 0 fully saturated rings. The third-order valence-electron chi connectivity index (χ3n) is 8.33. The van der Waals surface area contributed by atoms with Crippen LogP contribution >= 0.6 is 0 Å². The zero-order valence-corrected chi connectivity index (χ0v) is 25.4. The lowest BCUT2D eigenvalue weighted by molar-refractivity contribution is 0.407. The molecule has 0 radical (unpaired) electrons. The maximum absolute atomic E-state index is 5.94. The largest absolute Gasteiger partial charge is 0.496 e. The Bertz CT molecular complexity index is 1870. The summed E-state index contributed by atoms with van der Waals surface area (Å²) < 4.78 is 7.88. The molecular formula is C36H35N7O. The topological polar surface area (TPSA) is 70.3 Å². The first-order valence-corrected chi connectivity index (χ1v) is 15.1. The van der Waals surface area contributed by atoms with Crippen molar-refractivity contribution >= 4 is 40.2 Å². The summed E-state index contributed by atoms with van der Waals surface area (Å²) in [6.45, 7) is 8.32. The molecule has 44 heavy (non-hydrogen) atoms. The summed E-state index contributed by atoms with van der Waals surface area (Å²) in [5.41, 5.74) is 7.88. The Hall–Kier alpha value is -5.37. The van der Waals surface area contributed by atoms with E-state index in [0.29, 0.717) is 5.84 Å². The van der Waals surface area contributed by atoms with Crippen molar-refractivity contribution in [2.24, 2.45) is 9.98 Å². The molecule has 5 aromatic rings. The van der Waals surface area contributed by atoms with E-state index in [0.717, 1.165) is 70.1 Å². The summed E-state index contributed by atoms with van der Waals surface area (Å²) in [6.07, 6.45) is 0. The normalized spacial score (nSPS) is 15.0. The van der Waals surface area contributed by atoms with Gasteiger partial charge in [0.15, 0.2) is 17.5 Å². The number of methoxy groups -OCH3 is 1. The standard InChI is InChI=1S/C36H35N7O/c1-5-41(6-2)26-22-20-25(21-23-26)37-34-36-39-35-32(24(3)40-43(35)27-14-8-7-9-15-27)33(28-16-10-13-19-31(28)44-4)42(36)30-18-12-11-17-29(30)38-34/h7-23,33H,5-6H2,1-4H3,(H,37,38). The molecule has 220 valence electrons. The quantitative estimate of drug-likeness (QED) is 0.212. The van der Waals surface area contributed by atoms with Gasteiger partial charge in [0.2, 0.25) is 0 Å². The molecule has 0 spiro atoms. The average molecular weight is 582 g/mol. The lowest BCUT2D eigenvalue weighted by Gasteiger charge is -2.41. The van der Waals surface area contributed by atoms with Crippen LogP contribution in [0, 0.1) is 6.92 Å². The molecule has 2 aliphatic heterocycles. The molecule has 2 aliphatic rings. The van der Waals surface area contributed by atoms with Gasteiger partial charge < -0.3 is 19.9 Å². The van der Waals surface area contributed by atoms with Crippen LogP contribution in [0.5, 0.6) is 5.75 Å². The van der Waals surface area contributed by atoms with E-state index in [1.807, 2.05) is 53.2 Å². The highest BCUT2D eigenvalue weighted by molar-refractivity contribution is 6.51. The third-order valence-corrected chi connectivity index (χ3v) is 8.33. The smallest absolute Gasteiger partial charge is 0.179 e. The first-order valence-electron chi connectivity index (χ1n) is 15.1. The van der Waals surface area contributed by atoms with Crippen molar-refractivity contribution in [1.82, 2.24) is 9.78 Å². The second kappa shape index (κ2) is 11.4. The zero-order valence-electron chi connectivity index (χ0n) is 25.4. The molecule has 1 N–H and O–H groups in total. The monoisotopic (exact) mass is 581 g/mol. The molecule has 1 atom stereocenters. The Morgan fingerprint density at radius 3 is 2.27 bits per heavy atom. The minimum atomic E-state index is -0.260. The van der Waals surface area contributed by atoms with Crippen molar-refractivity contribution in [3.63, 3.8) is 0 Å². The van der Waals surface area contributed by atoms with Gasteiger partial charge in [-0.05, 0) is 75.4 Å². The SMILES string of the molecule is CCN(CC)c1ccc(NC2=Nc3ccccc3N3C2=Nc2c(c(C)nn2-c2ccccc2)C3c2ccccc2OC)cc1.